The van der Waals surface area contributed by atoms with Gasteiger partial charge in [-0.25, -0.2) is 0 Å². The second-order valence-corrected chi connectivity index (χ2v) is 5.33. The Labute approximate surface area is 115 Å². The quantitative estimate of drug-likeness (QED) is 0.429. The highest BCUT2D eigenvalue weighted by Crippen LogP contribution is 2.37. The summed E-state index contributed by atoms with van der Waals surface area (Å²) in [5.74, 6) is 1.00. The molecule has 2 aromatic carbocycles. The molecule has 0 amide bonds. The summed E-state index contributed by atoms with van der Waals surface area (Å²) in [6.07, 6.45) is 6.40. The van der Waals surface area contributed by atoms with Crippen LogP contribution in [0.1, 0.15) is 17.7 Å². The third-order valence-electron chi connectivity index (χ3n) is 4.15. The van der Waals surface area contributed by atoms with Gasteiger partial charge in [0.05, 0.1) is 0 Å². The van der Waals surface area contributed by atoms with Crippen molar-refractivity contribution in [1.29, 1.82) is 0 Å². The highest BCUT2D eigenvalue weighted by Gasteiger charge is 2.17. The summed E-state index contributed by atoms with van der Waals surface area (Å²) >= 11 is 0. The van der Waals surface area contributed by atoms with E-state index in [1.807, 2.05) is 18.2 Å². The van der Waals surface area contributed by atoms with E-state index in [0.717, 1.165) is 35.4 Å². The molecule has 96 valence electrons. The normalized spacial score (nSPS) is 14.4. The molecule has 0 N–H and O–H groups in total. The lowest BCUT2D eigenvalue weighted by atomic mass is 10.00. The minimum absolute atomic E-state index is 0.897. The van der Waals surface area contributed by atoms with Crippen LogP contribution in [0, 0.1) is 0 Å². The molecule has 0 saturated heterocycles. The molecule has 0 aliphatic heterocycles. The molecule has 5 rings (SSSR count). The Morgan fingerprint density at radius 3 is 2.70 bits per heavy atom. The molecule has 0 bridgehead atoms. The highest BCUT2D eigenvalue weighted by atomic mass is 16.3. The third kappa shape index (κ3) is 1.23. The maximum atomic E-state index is 5.95. The predicted octanol–water partition coefficient (Wildman–Crippen LogP) is 5.29. The minimum atomic E-state index is 0.897. The Hall–Kier alpha value is -2.48. The monoisotopic (exact) mass is 260 g/mol. The summed E-state index contributed by atoms with van der Waals surface area (Å²) in [5.41, 5.74) is 4.08. The second kappa shape index (κ2) is 3.54. The largest absolute Gasteiger partial charge is 0.456 e. The van der Waals surface area contributed by atoms with Gasteiger partial charge in [0.25, 0.3) is 0 Å². The van der Waals surface area contributed by atoms with E-state index < -0.39 is 0 Å². The molecule has 2 heteroatoms. The van der Waals surface area contributed by atoms with Crippen molar-refractivity contribution in [3.8, 4) is 0 Å². The molecular weight excluding hydrogens is 248 g/mol. The third-order valence-corrected chi connectivity index (χ3v) is 4.15. The van der Waals surface area contributed by atoms with Gasteiger partial charge in [-0.15, -0.1) is 0 Å². The SMILES string of the molecule is C1=Cc2oc3cc4oc5ccccc5c4cc3c2CC1. The van der Waals surface area contributed by atoms with Gasteiger partial charge >= 0.3 is 0 Å². The minimum Gasteiger partial charge on any atom is -0.456 e. The first-order valence-electron chi connectivity index (χ1n) is 6.93. The molecule has 1 aliphatic carbocycles. The van der Waals surface area contributed by atoms with E-state index in [-0.39, 0.29) is 0 Å². The highest BCUT2D eigenvalue weighted by molar-refractivity contribution is 6.10. The van der Waals surface area contributed by atoms with Gasteiger partial charge in [0.15, 0.2) is 0 Å². The van der Waals surface area contributed by atoms with Crippen molar-refractivity contribution in [1.82, 2.24) is 0 Å². The van der Waals surface area contributed by atoms with Crippen molar-refractivity contribution in [2.75, 3.05) is 0 Å². The molecule has 2 aromatic heterocycles. The second-order valence-electron chi connectivity index (χ2n) is 5.33. The molecule has 1 aliphatic rings. The topological polar surface area (TPSA) is 26.3 Å². The number of fused-ring (bicyclic) bond motifs is 6. The van der Waals surface area contributed by atoms with Gasteiger partial charge in [-0.2, -0.15) is 0 Å². The number of allylic oxidation sites excluding steroid dienone is 1. The van der Waals surface area contributed by atoms with Crippen molar-refractivity contribution >= 4 is 39.0 Å². The van der Waals surface area contributed by atoms with Crippen LogP contribution in [0.2, 0.25) is 0 Å². The van der Waals surface area contributed by atoms with Crippen LogP contribution < -0.4 is 0 Å². The molecule has 0 atom stereocenters. The predicted molar refractivity (Wildman–Crippen MR) is 80.8 cm³/mol. The Bertz CT molecular complexity index is 998. The van der Waals surface area contributed by atoms with Crippen molar-refractivity contribution in [2.24, 2.45) is 0 Å². The van der Waals surface area contributed by atoms with Crippen LogP contribution in [0.5, 0.6) is 0 Å². The van der Waals surface area contributed by atoms with Crippen LogP contribution >= 0.6 is 0 Å². The summed E-state index contributed by atoms with van der Waals surface area (Å²) in [6.45, 7) is 0. The number of furan rings is 2. The number of rotatable bonds is 0. The van der Waals surface area contributed by atoms with Crippen molar-refractivity contribution in [3.05, 3.63) is 53.8 Å². The van der Waals surface area contributed by atoms with Crippen LogP contribution in [0.4, 0.5) is 0 Å². The number of hydrogen-bond donors (Lipinski definition) is 0. The first-order valence-corrected chi connectivity index (χ1v) is 6.93. The van der Waals surface area contributed by atoms with Gasteiger partial charge in [0, 0.05) is 27.8 Å². The maximum Gasteiger partial charge on any atom is 0.139 e. The van der Waals surface area contributed by atoms with Gasteiger partial charge in [-0.3, -0.25) is 0 Å². The molecule has 0 saturated carbocycles. The molecule has 0 unspecified atom stereocenters. The van der Waals surface area contributed by atoms with Crippen LogP contribution in [0.3, 0.4) is 0 Å². The summed E-state index contributed by atoms with van der Waals surface area (Å²) in [6, 6.07) is 12.4. The van der Waals surface area contributed by atoms with Crippen LogP contribution in [-0.4, -0.2) is 0 Å². The zero-order chi connectivity index (χ0) is 13.1. The van der Waals surface area contributed by atoms with E-state index in [2.05, 4.69) is 30.4 Å². The molecule has 0 fully saturated rings. The van der Waals surface area contributed by atoms with E-state index in [9.17, 15) is 0 Å². The van der Waals surface area contributed by atoms with E-state index in [4.69, 9.17) is 8.83 Å². The van der Waals surface area contributed by atoms with E-state index in [1.165, 1.54) is 21.7 Å². The van der Waals surface area contributed by atoms with Crippen LogP contribution in [0.15, 0.2) is 51.3 Å². The van der Waals surface area contributed by atoms with Gasteiger partial charge in [0.2, 0.25) is 0 Å². The molecule has 4 aromatic rings. The van der Waals surface area contributed by atoms with Crippen LogP contribution in [-0.2, 0) is 6.42 Å². The standard InChI is InChI=1S/C18H12O2/c1-3-7-15-11(5-1)13-9-14-12-6-2-4-8-16(12)20-18(14)10-17(13)19-15/h1,3-5,7-10H,2,6H2. The maximum absolute atomic E-state index is 5.95. The fourth-order valence-electron chi connectivity index (χ4n) is 3.20. The Kier molecular flexibility index (Phi) is 1.83. The zero-order valence-electron chi connectivity index (χ0n) is 10.8. The van der Waals surface area contributed by atoms with Gasteiger partial charge in [0.1, 0.15) is 22.5 Å². The molecule has 20 heavy (non-hydrogen) atoms. The summed E-state index contributed by atoms with van der Waals surface area (Å²) < 4.78 is 11.9. The van der Waals surface area contributed by atoms with E-state index in [1.54, 1.807) is 0 Å². The Morgan fingerprint density at radius 1 is 0.800 bits per heavy atom. The van der Waals surface area contributed by atoms with E-state index in [0.29, 0.717) is 0 Å². The average molecular weight is 260 g/mol. The fourth-order valence-corrected chi connectivity index (χ4v) is 3.20. The number of para-hydroxylation sites is 1. The lowest BCUT2D eigenvalue weighted by Crippen LogP contribution is -1.88. The number of aryl methyl sites for hydroxylation is 1. The summed E-state index contributed by atoms with van der Waals surface area (Å²) in [7, 11) is 0. The fraction of sp³-hybridized carbons (Fsp3) is 0.111. The van der Waals surface area contributed by atoms with Crippen molar-refractivity contribution in [3.63, 3.8) is 0 Å². The Morgan fingerprint density at radius 2 is 1.70 bits per heavy atom. The summed E-state index contributed by atoms with van der Waals surface area (Å²) in [5, 5.41) is 3.57. The molecule has 2 nitrogen and oxygen atoms in total. The molecular formula is C18H12O2. The van der Waals surface area contributed by atoms with Gasteiger partial charge in [-0.1, -0.05) is 24.3 Å². The van der Waals surface area contributed by atoms with Gasteiger partial charge in [-0.05, 0) is 31.1 Å². The number of benzene rings is 2. The summed E-state index contributed by atoms with van der Waals surface area (Å²) in [4.78, 5) is 0. The zero-order valence-corrected chi connectivity index (χ0v) is 10.8. The Balaban J connectivity index is 1.97. The van der Waals surface area contributed by atoms with Crippen molar-refractivity contribution in [2.45, 2.75) is 12.8 Å². The molecule has 2 heterocycles. The number of hydrogen-bond acceptors (Lipinski definition) is 2. The van der Waals surface area contributed by atoms with E-state index >= 15 is 0 Å². The average Bonchev–Trinajstić information content (AvgIpc) is 3.02. The van der Waals surface area contributed by atoms with Crippen molar-refractivity contribution < 1.29 is 8.83 Å². The molecule has 0 spiro atoms. The first-order chi connectivity index (χ1) is 9.90. The molecule has 0 radical (unpaired) electrons. The van der Waals surface area contributed by atoms with Crippen LogP contribution in [0.25, 0.3) is 39.0 Å². The first kappa shape index (κ1) is 10.3. The lowest BCUT2D eigenvalue weighted by Gasteiger charge is -2.02. The van der Waals surface area contributed by atoms with Gasteiger partial charge < -0.3 is 8.83 Å². The lowest BCUT2D eigenvalue weighted by molar-refractivity contribution is 0.594. The smallest absolute Gasteiger partial charge is 0.139 e.